The van der Waals surface area contributed by atoms with Crippen LogP contribution in [0, 0.1) is 12.7 Å². The van der Waals surface area contributed by atoms with Gasteiger partial charge in [-0.3, -0.25) is 5.32 Å². The third-order valence-corrected chi connectivity index (χ3v) is 4.26. The molecule has 0 spiro atoms. The molecular weight excluding hydrogens is 317 g/mol. The number of thiazole rings is 1. The fourth-order valence-corrected chi connectivity index (χ4v) is 3.07. The fraction of sp³-hybridized carbons (Fsp3) is 0.267. The first-order valence-electron chi connectivity index (χ1n) is 7.19. The molecule has 0 aliphatic carbocycles. The van der Waals surface area contributed by atoms with Gasteiger partial charge in [-0.2, -0.15) is 0 Å². The second-order valence-corrected chi connectivity index (χ2v) is 6.15. The summed E-state index contributed by atoms with van der Waals surface area (Å²) in [6, 6.07) is 2.80. The molecule has 0 aliphatic heterocycles. The van der Waals surface area contributed by atoms with Gasteiger partial charge in [0, 0.05) is 31.5 Å². The quantitative estimate of drug-likeness (QED) is 0.705. The zero-order valence-corrected chi connectivity index (χ0v) is 13.4. The molecule has 0 unspecified atom stereocenters. The lowest BCUT2D eigenvalue weighted by Crippen LogP contribution is -2.29. The minimum Gasteiger partial charge on any atom is -0.338 e. The largest absolute Gasteiger partial charge is 0.338 e. The van der Waals surface area contributed by atoms with E-state index in [9.17, 15) is 9.18 Å². The first-order chi connectivity index (χ1) is 11.1. The van der Waals surface area contributed by atoms with Crippen molar-refractivity contribution in [3.05, 3.63) is 42.2 Å². The van der Waals surface area contributed by atoms with Gasteiger partial charge in [0.1, 0.15) is 5.82 Å². The predicted octanol–water partition coefficient (Wildman–Crippen LogP) is 3.15. The number of anilines is 1. The lowest BCUT2D eigenvalue weighted by atomic mass is 10.2. The van der Waals surface area contributed by atoms with Crippen LogP contribution in [0.3, 0.4) is 0 Å². The Hall–Kier alpha value is -2.48. The van der Waals surface area contributed by atoms with Crippen molar-refractivity contribution in [2.45, 2.75) is 19.9 Å². The number of imidazole rings is 1. The Bertz CT molecular complexity index is 776. The Balaban J connectivity index is 1.51. The van der Waals surface area contributed by atoms with Gasteiger partial charge in [0.05, 0.1) is 16.5 Å². The number of nitrogens with zero attached hydrogens (tertiary/aromatic N) is 3. The number of carbonyl (C=O) groups is 1. The molecule has 0 saturated carbocycles. The Kier molecular flexibility index (Phi) is 4.52. The Labute approximate surface area is 136 Å². The highest BCUT2D eigenvalue weighted by Crippen LogP contribution is 2.27. The fourth-order valence-electron chi connectivity index (χ4n) is 2.13. The number of aromatic nitrogens is 3. The standard InChI is InChI=1S/C15H16FN5OS/c1-10-7-13-12(8-11(10)16)19-15(23-13)20-14(22)18-3-2-5-21-6-4-17-9-21/h4,6-9H,2-3,5H2,1H3,(H2,18,19,20,22). The van der Waals surface area contributed by atoms with Crippen LogP contribution in [0.2, 0.25) is 0 Å². The third kappa shape index (κ3) is 3.84. The minimum atomic E-state index is -0.313. The number of amides is 2. The molecule has 2 amide bonds. The Morgan fingerprint density at radius 3 is 3.09 bits per heavy atom. The second-order valence-electron chi connectivity index (χ2n) is 5.12. The number of carbonyl (C=O) groups excluding carboxylic acids is 1. The summed E-state index contributed by atoms with van der Waals surface area (Å²) in [5.41, 5.74) is 1.12. The molecule has 0 saturated heterocycles. The minimum absolute atomic E-state index is 0.293. The predicted molar refractivity (Wildman–Crippen MR) is 88.2 cm³/mol. The van der Waals surface area contributed by atoms with Gasteiger partial charge in [0.2, 0.25) is 0 Å². The number of urea groups is 1. The highest BCUT2D eigenvalue weighted by Gasteiger charge is 2.09. The number of hydrogen-bond acceptors (Lipinski definition) is 4. The van der Waals surface area contributed by atoms with E-state index >= 15 is 0 Å². The summed E-state index contributed by atoms with van der Waals surface area (Å²) in [7, 11) is 0. The van der Waals surface area contributed by atoms with Crippen LogP contribution < -0.4 is 10.6 Å². The van der Waals surface area contributed by atoms with Crippen LogP contribution in [-0.2, 0) is 6.54 Å². The molecule has 2 aromatic heterocycles. The van der Waals surface area contributed by atoms with Gasteiger partial charge in [0.15, 0.2) is 5.13 Å². The highest BCUT2D eigenvalue weighted by molar-refractivity contribution is 7.22. The number of benzene rings is 1. The monoisotopic (exact) mass is 333 g/mol. The maximum Gasteiger partial charge on any atom is 0.321 e. The highest BCUT2D eigenvalue weighted by atomic mass is 32.1. The summed E-state index contributed by atoms with van der Waals surface area (Å²) in [4.78, 5) is 20.0. The van der Waals surface area contributed by atoms with Gasteiger partial charge >= 0.3 is 6.03 Å². The molecule has 1 aromatic carbocycles. The summed E-state index contributed by atoms with van der Waals surface area (Å²) < 4.78 is 16.3. The smallest absolute Gasteiger partial charge is 0.321 e. The van der Waals surface area contributed by atoms with Crippen molar-refractivity contribution in [3.8, 4) is 0 Å². The van der Waals surface area contributed by atoms with E-state index in [0.29, 0.717) is 22.8 Å². The molecule has 0 atom stereocenters. The zero-order valence-electron chi connectivity index (χ0n) is 12.5. The molecule has 0 fully saturated rings. The van der Waals surface area contributed by atoms with Gasteiger partial charge in [-0.15, -0.1) is 0 Å². The van der Waals surface area contributed by atoms with Gasteiger partial charge in [0.25, 0.3) is 0 Å². The van der Waals surface area contributed by atoms with Crippen molar-refractivity contribution >= 4 is 32.7 Å². The lowest BCUT2D eigenvalue weighted by Gasteiger charge is -2.05. The van der Waals surface area contributed by atoms with E-state index in [-0.39, 0.29) is 11.8 Å². The molecule has 3 aromatic rings. The van der Waals surface area contributed by atoms with E-state index in [1.807, 2.05) is 10.8 Å². The zero-order chi connectivity index (χ0) is 16.2. The van der Waals surface area contributed by atoms with Crippen molar-refractivity contribution in [3.63, 3.8) is 0 Å². The molecule has 0 radical (unpaired) electrons. The van der Waals surface area contributed by atoms with Crippen LogP contribution in [0.4, 0.5) is 14.3 Å². The summed E-state index contributed by atoms with van der Waals surface area (Å²) >= 11 is 1.32. The van der Waals surface area contributed by atoms with E-state index < -0.39 is 0 Å². The molecule has 0 bridgehead atoms. The summed E-state index contributed by atoms with van der Waals surface area (Å²) in [6.07, 6.45) is 6.14. The van der Waals surface area contributed by atoms with Crippen LogP contribution in [0.1, 0.15) is 12.0 Å². The number of nitrogens with one attached hydrogen (secondary N) is 2. The normalized spacial score (nSPS) is 10.9. The van der Waals surface area contributed by atoms with Gasteiger partial charge in [-0.25, -0.2) is 19.2 Å². The average Bonchev–Trinajstić information content (AvgIpc) is 3.14. The van der Waals surface area contributed by atoms with Crippen molar-refractivity contribution in [1.82, 2.24) is 19.9 Å². The first kappa shape index (κ1) is 15.4. The number of aryl methyl sites for hydroxylation is 2. The van der Waals surface area contributed by atoms with Gasteiger partial charge in [-0.05, 0) is 25.0 Å². The number of rotatable bonds is 5. The molecule has 6 nitrogen and oxygen atoms in total. The van der Waals surface area contributed by atoms with Crippen LogP contribution in [0.5, 0.6) is 0 Å². The summed E-state index contributed by atoms with van der Waals surface area (Å²) in [5, 5.41) is 5.90. The van der Waals surface area contributed by atoms with Gasteiger partial charge in [-0.1, -0.05) is 11.3 Å². The topological polar surface area (TPSA) is 71.8 Å². The van der Waals surface area contributed by atoms with Crippen molar-refractivity contribution in [2.24, 2.45) is 0 Å². The Morgan fingerprint density at radius 1 is 1.43 bits per heavy atom. The first-order valence-corrected chi connectivity index (χ1v) is 8.01. The second kappa shape index (κ2) is 6.74. The van der Waals surface area contributed by atoms with Crippen molar-refractivity contribution < 1.29 is 9.18 Å². The van der Waals surface area contributed by atoms with E-state index in [2.05, 4.69) is 20.6 Å². The van der Waals surface area contributed by atoms with E-state index in [1.165, 1.54) is 17.4 Å². The SMILES string of the molecule is Cc1cc2sc(NC(=O)NCCCn3ccnc3)nc2cc1F. The molecule has 3 rings (SSSR count). The maximum atomic E-state index is 13.5. The van der Waals surface area contributed by atoms with Crippen LogP contribution in [0.15, 0.2) is 30.9 Å². The molecule has 23 heavy (non-hydrogen) atoms. The van der Waals surface area contributed by atoms with Crippen LogP contribution >= 0.6 is 11.3 Å². The van der Waals surface area contributed by atoms with E-state index in [4.69, 9.17) is 0 Å². The molecule has 120 valence electrons. The van der Waals surface area contributed by atoms with Gasteiger partial charge < -0.3 is 9.88 Å². The average molecular weight is 333 g/mol. The number of fused-ring (bicyclic) bond motifs is 1. The third-order valence-electron chi connectivity index (χ3n) is 3.33. The molecule has 2 N–H and O–H groups in total. The number of hydrogen-bond donors (Lipinski definition) is 2. The Morgan fingerprint density at radius 2 is 2.30 bits per heavy atom. The molecule has 8 heteroatoms. The van der Waals surface area contributed by atoms with E-state index in [1.54, 1.807) is 25.5 Å². The van der Waals surface area contributed by atoms with Crippen LogP contribution in [-0.4, -0.2) is 27.1 Å². The van der Waals surface area contributed by atoms with Crippen molar-refractivity contribution in [1.29, 1.82) is 0 Å². The van der Waals surface area contributed by atoms with Crippen LogP contribution in [0.25, 0.3) is 10.2 Å². The van der Waals surface area contributed by atoms with E-state index in [0.717, 1.165) is 17.7 Å². The van der Waals surface area contributed by atoms with Crippen molar-refractivity contribution in [2.75, 3.05) is 11.9 Å². The molecular formula is C15H16FN5OS. The lowest BCUT2D eigenvalue weighted by molar-refractivity contribution is 0.252. The maximum absolute atomic E-state index is 13.5. The molecule has 0 aliphatic rings. The summed E-state index contributed by atoms with van der Waals surface area (Å²) in [5.74, 6) is -0.293. The molecule has 2 heterocycles. The summed E-state index contributed by atoms with van der Waals surface area (Å²) in [6.45, 7) is 3.04. The number of halogens is 1.